The maximum absolute atomic E-state index is 11.4. The first-order valence-electron chi connectivity index (χ1n) is 5.64. The van der Waals surface area contributed by atoms with Gasteiger partial charge in [-0.2, -0.15) is 0 Å². The predicted molar refractivity (Wildman–Crippen MR) is 66.3 cm³/mol. The molecule has 1 aliphatic rings. The van der Waals surface area contributed by atoms with Crippen LogP contribution in [0.5, 0.6) is 11.5 Å². The van der Waals surface area contributed by atoms with Crippen LogP contribution in [0.1, 0.15) is 12.5 Å². The van der Waals surface area contributed by atoms with Gasteiger partial charge in [-0.25, -0.2) is 4.79 Å². The Morgan fingerprint density at radius 2 is 2.11 bits per heavy atom. The van der Waals surface area contributed by atoms with Crippen LogP contribution < -0.4 is 15.2 Å². The third-order valence-corrected chi connectivity index (χ3v) is 2.50. The van der Waals surface area contributed by atoms with E-state index in [-0.39, 0.29) is 6.79 Å². The molecule has 1 atom stereocenters. The van der Waals surface area contributed by atoms with Gasteiger partial charge in [0.25, 0.3) is 5.91 Å². The monoisotopic (exact) mass is 263 g/mol. The van der Waals surface area contributed by atoms with Gasteiger partial charge in [-0.3, -0.25) is 4.79 Å². The van der Waals surface area contributed by atoms with Gasteiger partial charge in [-0.15, -0.1) is 0 Å². The Morgan fingerprint density at radius 3 is 2.84 bits per heavy atom. The van der Waals surface area contributed by atoms with Crippen LogP contribution in [0, 0.1) is 0 Å². The summed E-state index contributed by atoms with van der Waals surface area (Å²) in [4.78, 5) is 22.1. The standard InChI is InChI=1S/C13H13NO5/c1-8(13(14)16)19-12(15)5-3-9-2-4-10-11(6-9)18-7-17-10/h2-6,8H,7H2,1H3,(H2,14,16)/b5-3+. The van der Waals surface area contributed by atoms with Crippen LogP contribution in [0.3, 0.4) is 0 Å². The molecule has 1 heterocycles. The number of hydrogen-bond donors (Lipinski definition) is 1. The lowest BCUT2D eigenvalue weighted by Gasteiger charge is -2.06. The molecule has 1 aliphatic heterocycles. The maximum atomic E-state index is 11.4. The van der Waals surface area contributed by atoms with Crippen LogP contribution in [0.15, 0.2) is 24.3 Å². The molecule has 1 amide bonds. The number of amides is 1. The lowest BCUT2D eigenvalue weighted by atomic mass is 10.2. The summed E-state index contributed by atoms with van der Waals surface area (Å²) in [5.41, 5.74) is 5.74. The summed E-state index contributed by atoms with van der Waals surface area (Å²) in [5, 5.41) is 0. The van der Waals surface area contributed by atoms with Gasteiger partial charge in [0.15, 0.2) is 17.6 Å². The van der Waals surface area contributed by atoms with Gasteiger partial charge in [0, 0.05) is 6.08 Å². The van der Waals surface area contributed by atoms with E-state index in [1.807, 2.05) is 0 Å². The molecule has 0 bridgehead atoms. The molecule has 0 saturated carbocycles. The summed E-state index contributed by atoms with van der Waals surface area (Å²) in [5.74, 6) is -0.0307. The van der Waals surface area contributed by atoms with Crippen molar-refractivity contribution in [2.24, 2.45) is 5.73 Å². The molecule has 0 radical (unpaired) electrons. The van der Waals surface area contributed by atoms with E-state index in [0.29, 0.717) is 11.5 Å². The van der Waals surface area contributed by atoms with Gasteiger partial charge in [-0.1, -0.05) is 6.07 Å². The number of benzene rings is 1. The lowest BCUT2D eigenvalue weighted by molar-refractivity contribution is -0.148. The fourth-order valence-corrected chi connectivity index (χ4v) is 1.45. The molecule has 2 N–H and O–H groups in total. The van der Waals surface area contributed by atoms with E-state index in [9.17, 15) is 9.59 Å². The minimum atomic E-state index is -0.950. The molecule has 19 heavy (non-hydrogen) atoms. The third-order valence-electron chi connectivity index (χ3n) is 2.50. The second-order valence-corrected chi connectivity index (χ2v) is 3.93. The van der Waals surface area contributed by atoms with Crippen molar-refractivity contribution in [1.29, 1.82) is 0 Å². The number of carbonyl (C=O) groups is 2. The molecule has 100 valence electrons. The molecule has 0 saturated heterocycles. The average Bonchev–Trinajstić information content (AvgIpc) is 2.83. The van der Waals surface area contributed by atoms with Crippen LogP contribution in [0.25, 0.3) is 6.08 Å². The fraction of sp³-hybridized carbons (Fsp3) is 0.231. The van der Waals surface area contributed by atoms with E-state index in [0.717, 1.165) is 5.56 Å². The summed E-state index contributed by atoms with van der Waals surface area (Å²) in [6.07, 6.45) is 1.82. The molecule has 1 aromatic rings. The van der Waals surface area contributed by atoms with Crippen LogP contribution in [-0.2, 0) is 14.3 Å². The second-order valence-electron chi connectivity index (χ2n) is 3.93. The maximum Gasteiger partial charge on any atom is 0.331 e. The minimum absolute atomic E-state index is 0.195. The molecule has 0 spiro atoms. The summed E-state index contributed by atoms with van der Waals surface area (Å²) in [6.45, 7) is 1.61. The van der Waals surface area contributed by atoms with Gasteiger partial charge in [-0.05, 0) is 30.7 Å². The van der Waals surface area contributed by atoms with E-state index < -0.39 is 18.0 Å². The largest absolute Gasteiger partial charge is 0.454 e. The van der Waals surface area contributed by atoms with E-state index >= 15 is 0 Å². The first-order chi connectivity index (χ1) is 9.06. The van der Waals surface area contributed by atoms with Crippen molar-refractivity contribution >= 4 is 18.0 Å². The Morgan fingerprint density at radius 1 is 1.37 bits per heavy atom. The van der Waals surface area contributed by atoms with Crippen molar-refractivity contribution in [3.8, 4) is 11.5 Å². The molecular weight excluding hydrogens is 250 g/mol. The normalized spacial score (nSPS) is 14.4. The van der Waals surface area contributed by atoms with E-state index in [1.165, 1.54) is 13.0 Å². The Labute approximate surface area is 109 Å². The van der Waals surface area contributed by atoms with Crippen molar-refractivity contribution in [1.82, 2.24) is 0 Å². The van der Waals surface area contributed by atoms with Crippen molar-refractivity contribution in [2.75, 3.05) is 6.79 Å². The van der Waals surface area contributed by atoms with Crippen molar-refractivity contribution in [3.05, 3.63) is 29.8 Å². The number of fused-ring (bicyclic) bond motifs is 1. The van der Waals surface area contributed by atoms with Gasteiger partial charge in [0.05, 0.1) is 0 Å². The van der Waals surface area contributed by atoms with Crippen LogP contribution in [0.2, 0.25) is 0 Å². The van der Waals surface area contributed by atoms with Crippen molar-refractivity contribution < 1.29 is 23.8 Å². The number of rotatable bonds is 4. The highest BCUT2D eigenvalue weighted by molar-refractivity contribution is 5.90. The number of ether oxygens (including phenoxy) is 3. The number of nitrogens with two attached hydrogens (primary N) is 1. The highest BCUT2D eigenvalue weighted by Crippen LogP contribution is 2.32. The Kier molecular flexibility index (Phi) is 3.70. The molecule has 1 unspecified atom stereocenters. The van der Waals surface area contributed by atoms with E-state index in [2.05, 4.69) is 0 Å². The highest BCUT2D eigenvalue weighted by Gasteiger charge is 2.13. The van der Waals surface area contributed by atoms with Gasteiger partial charge >= 0.3 is 5.97 Å². The number of carbonyl (C=O) groups excluding carboxylic acids is 2. The van der Waals surface area contributed by atoms with Crippen LogP contribution in [-0.4, -0.2) is 24.8 Å². The molecule has 0 aliphatic carbocycles. The summed E-state index contributed by atoms with van der Waals surface area (Å²) in [6, 6.07) is 5.26. The SMILES string of the molecule is CC(OC(=O)/C=C/c1ccc2c(c1)OCO2)C(N)=O. The van der Waals surface area contributed by atoms with Crippen molar-refractivity contribution in [2.45, 2.75) is 13.0 Å². The zero-order valence-corrected chi connectivity index (χ0v) is 10.3. The minimum Gasteiger partial charge on any atom is -0.454 e. The summed E-state index contributed by atoms with van der Waals surface area (Å²) >= 11 is 0. The van der Waals surface area contributed by atoms with Crippen LogP contribution in [0.4, 0.5) is 0 Å². The summed E-state index contributed by atoms with van der Waals surface area (Å²) < 4.78 is 15.1. The smallest absolute Gasteiger partial charge is 0.331 e. The molecule has 1 aromatic carbocycles. The number of primary amides is 1. The van der Waals surface area contributed by atoms with Crippen molar-refractivity contribution in [3.63, 3.8) is 0 Å². The fourth-order valence-electron chi connectivity index (χ4n) is 1.45. The van der Waals surface area contributed by atoms with Gasteiger partial charge in [0.1, 0.15) is 0 Å². The van der Waals surface area contributed by atoms with E-state index in [1.54, 1.807) is 24.3 Å². The third kappa shape index (κ3) is 3.25. The zero-order valence-electron chi connectivity index (χ0n) is 10.3. The average molecular weight is 263 g/mol. The topological polar surface area (TPSA) is 87.8 Å². The molecule has 2 rings (SSSR count). The highest BCUT2D eigenvalue weighted by atomic mass is 16.7. The van der Waals surface area contributed by atoms with Gasteiger partial charge < -0.3 is 19.9 Å². The molecule has 0 fully saturated rings. The first kappa shape index (κ1) is 12.9. The molecule has 0 aromatic heterocycles. The molecule has 6 nitrogen and oxygen atoms in total. The second kappa shape index (κ2) is 5.43. The Bertz CT molecular complexity index is 538. The predicted octanol–water partition coefficient (Wildman–Crippen LogP) is 0.845. The quantitative estimate of drug-likeness (QED) is 0.642. The first-order valence-corrected chi connectivity index (χ1v) is 5.64. The Hall–Kier alpha value is -2.50. The van der Waals surface area contributed by atoms with Crippen LogP contribution >= 0.6 is 0 Å². The van der Waals surface area contributed by atoms with E-state index in [4.69, 9.17) is 19.9 Å². The molecule has 6 heteroatoms. The lowest BCUT2D eigenvalue weighted by Crippen LogP contribution is -2.29. The number of hydrogen-bond acceptors (Lipinski definition) is 5. The molecular formula is C13H13NO5. The zero-order chi connectivity index (χ0) is 13.8. The number of esters is 1. The van der Waals surface area contributed by atoms with Gasteiger partial charge in [0.2, 0.25) is 6.79 Å². The Balaban J connectivity index is 1.98. The summed E-state index contributed by atoms with van der Waals surface area (Å²) in [7, 11) is 0.